The zero-order chi connectivity index (χ0) is 8.97. The molecule has 68 valence electrons. The van der Waals surface area contributed by atoms with Crippen LogP contribution in [0.15, 0.2) is 15.2 Å². The first kappa shape index (κ1) is 10.2. The minimum atomic E-state index is 0.608. The summed E-state index contributed by atoms with van der Waals surface area (Å²) in [7, 11) is 2.01. The van der Waals surface area contributed by atoms with Gasteiger partial charge in [-0.05, 0) is 53.7 Å². The number of aryl methyl sites for hydroxylation is 1. The van der Waals surface area contributed by atoms with Gasteiger partial charge in [0.25, 0.3) is 0 Å². The van der Waals surface area contributed by atoms with Crippen LogP contribution in [0.2, 0.25) is 0 Å². The molecule has 1 aromatic rings. The molecule has 1 atom stereocenters. The van der Waals surface area contributed by atoms with Crippen LogP contribution in [0, 0.1) is 0 Å². The molecule has 12 heavy (non-hydrogen) atoms. The lowest BCUT2D eigenvalue weighted by molar-refractivity contribution is 0.565. The minimum absolute atomic E-state index is 0.608. The number of nitrogens with one attached hydrogen (secondary N) is 1. The average Bonchev–Trinajstić information content (AvgIpc) is 2.47. The average molecular weight is 248 g/mol. The van der Waals surface area contributed by atoms with Crippen LogP contribution in [0.5, 0.6) is 0 Å². The van der Waals surface area contributed by atoms with Crippen molar-refractivity contribution in [2.75, 3.05) is 7.05 Å². The highest BCUT2D eigenvalue weighted by Crippen LogP contribution is 2.22. The van der Waals surface area contributed by atoms with Crippen molar-refractivity contribution in [1.82, 2.24) is 5.32 Å². The van der Waals surface area contributed by atoms with E-state index < -0.39 is 0 Å². The van der Waals surface area contributed by atoms with Crippen LogP contribution in [0.4, 0.5) is 0 Å². The van der Waals surface area contributed by atoms with Crippen molar-refractivity contribution in [3.8, 4) is 0 Å². The monoisotopic (exact) mass is 247 g/mol. The first-order chi connectivity index (χ1) is 5.74. The quantitative estimate of drug-likeness (QED) is 0.863. The van der Waals surface area contributed by atoms with E-state index in [9.17, 15) is 0 Å². The SMILES string of the molecule is CNC(C)CCc1cscc1Br. The van der Waals surface area contributed by atoms with E-state index in [4.69, 9.17) is 0 Å². The van der Waals surface area contributed by atoms with E-state index in [0.29, 0.717) is 6.04 Å². The highest BCUT2D eigenvalue weighted by atomic mass is 79.9. The number of halogens is 1. The fraction of sp³-hybridized carbons (Fsp3) is 0.556. The Morgan fingerprint density at radius 1 is 1.58 bits per heavy atom. The summed E-state index contributed by atoms with van der Waals surface area (Å²) in [6.45, 7) is 2.21. The van der Waals surface area contributed by atoms with Crippen LogP contribution >= 0.6 is 27.3 Å². The molecule has 0 aliphatic heterocycles. The van der Waals surface area contributed by atoms with Crippen LogP contribution < -0.4 is 5.32 Å². The van der Waals surface area contributed by atoms with Crippen LogP contribution in [0.25, 0.3) is 0 Å². The van der Waals surface area contributed by atoms with Crippen molar-refractivity contribution in [3.63, 3.8) is 0 Å². The van der Waals surface area contributed by atoms with Gasteiger partial charge in [0.15, 0.2) is 0 Å². The fourth-order valence-electron chi connectivity index (χ4n) is 1.00. The van der Waals surface area contributed by atoms with Gasteiger partial charge in [0.1, 0.15) is 0 Å². The van der Waals surface area contributed by atoms with E-state index in [1.165, 1.54) is 16.5 Å². The Morgan fingerprint density at radius 2 is 2.33 bits per heavy atom. The smallest absolute Gasteiger partial charge is 0.0314 e. The van der Waals surface area contributed by atoms with Gasteiger partial charge in [-0.15, -0.1) is 0 Å². The van der Waals surface area contributed by atoms with Gasteiger partial charge in [-0.2, -0.15) is 11.3 Å². The number of rotatable bonds is 4. The van der Waals surface area contributed by atoms with Crippen molar-refractivity contribution >= 4 is 27.3 Å². The summed E-state index contributed by atoms with van der Waals surface area (Å²) in [6, 6.07) is 0.608. The van der Waals surface area contributed by atoms with E-state index in [2.05, 4.69) is 38.9 Å². The second-order valence-corrected chi connectivity index (χ2v) is 4.57. The molecular formula is C9H14BrNS. The lowest BCUT2D eigenvalue weighted by Gasteiger charge is -2.08. The van der Waals surface area contributed by atoms with Gasteiger partial charge in [0.2, 0.25) is 0 Å². The summed E-state index contributed by atoms with van der Waals surface area (Å²) in [6.07, 6.45) is 2.36. The maximum absolute atomic E-state index is 3.53. The normalized spacial score (nSPS) is 13.2. The maximum atomic E-state index is 3.53. The van der Waals surface area contributed by atoms with E-state index in [-0.39, 0.29) is 0 Å². The number of hydrogen-bond acceptors (Lipinski definition) is 2. The molecule has 1 N–H and O–H groups in total. The van der Waals surface area contributed by atoms with Gasteiger partial charge < -0.3 is 5.32 Å². The number of hydrogen-bond donors (Lipinski definition) is 1. The molecule has 1 unspecified atom stereocenters. The van der Waals surface area contributed by atoms with E-state index >= 15 is 0 Å². The predicted molar refractivity (Wildman–Crippen MR) is 58.9 cm³/mol. The first-order valence-electron chi connectivity index (χ1n) is 4.12. The largest absolute Gasteiger partial charge is 0.317 e. The standard InChI is InChI=1S/C9H14BrNS/c1-7(11-2)3-4-8-5-12-6-9(8)10/h5-7,11H,3-4H2,1-2H3. The van der Waals surface area contributed by atoms with Crippen molar-refractivity contribution in [2.45, 2.75) is 25.8 Å². The zero-order valence-corrected chi connectivity index (χ0v) is 9.83. The molecule has 0 bridgehead atoms. The molecule has 0 aromatic carbocycles. The highest BCUT2D eigenvalue weighted by Gasteiger charge is 2.03. The molecular weight excluding hydrogens is 234 g/mol. The lowest BCUT2D eigenvalue weighted by atomic mass is 10.1. The number of thiophene rings is 1. The molecule has 0 radical (unpaired) electrons. The summed E-state index contributed by atoms with van der Waals surface area (Å²) in [5.41, 5.74) is 1.43. The zero-order valence-electron chi connectivity index (χ0n) is 7.43. The molecule has 1 heterocycles. The molecule has 0 fully saturated rings. The van der Waals surface area contributed by atoms with E-state index in [1.807, 2.05) is 7.05 Å². The van der Waals surface area contributed by atoms with Gasteiger partial charge in [0.05, 0.1) is 0 Å². The van der Waals surface area contributed by atoms with E-state index in [1.54, 1.807) is 11.3 Å². The summed E-state index contributed by atoms with van der Waals surface area (Å²) in [5, 5.41) is 7.59. The summed E-state index contributed by atoms with van der Waals surface area (Å²) >= 11 is 5.29. The van der Waals surface area contributed by atoms with Gasteiger partial charge in [-0.25, -0.2) is 0 Å². The van der Waals surface area contributed by atoms with Gasteiger partial charge in [-0.3, -0.25) is 0 Å². The van der Waals surface area contributed by atoms with Crippen molar-refractivity contribution in [1.29, 1.82) is 0 Å². The third-order valence-electron chi connectivity index (χ3n) is 2.03. The van der Waals surface area contributed by atoms with Gasteiger partial charge in [-0.1, -0.05) is 0 Å². The second-order valence-electron chi connectivity index (χ2n) is 2.97. The molecule has 0 saturated heterocycles. The third-order valence-corrected chi connectivity index (χ3v) is 3.86. The molecule has 1 rings (SSSR count). The van der Waals surface area contributed by atoms with Crippen molar-refractivity contribution < 1.29 is 0 Å². The summed E-state index contributed by atoms with van der Waals surface area (Å²) in [4.78, 5) is 0. The molecule has 0 spiro atoms. The molecule has 0 aliphatic rings. The fourth-order valence-corrected chi connectivity index (χ4v) is 2.54. The van der Waals surface area contributed by atoms with Crippen LogP contribution in [0.3, 0.4) is 0 Å². The second kappa shape index (κ2) is 5.00. The molecule has 0 amide bonds. The Labute approximate surface area is 86.3 Å². The summed E-state index contributed by atoms with van der Waals surface area (Å²) < 4.78 is 1.26. The van der Waals surface area contributed by atoms with Crippen LogP contribution in [-0.2, 0) is 6.42 Å². The lowest BCUT2D eigenvalue weighted by Crippen LogP contribution is -2.21. The first-order valence-corrected chi connectivity index (χ1v) is 5.85. The molecule has 0 aliphatic carbocycles. The van der Waals surface area contributed by atoms with Crippen LogP contribution in [0.1, 0.15) is 18.9 Å². The minimum Gasteiger partial charge on any atom is -0.317 e. The maximum Gasteiger partial charge on any atom is 0.0314 e. The molecule has 3 heteroatoms. The van der Waals surface area contributed by atoms with Crippen molar-refractivity contribution in [2.24, 2.45) is 0 Å². The van der Waals surface area contributed by atoms with Crippen molar-refractivity contribution in [3.05, 3.63) is 20.8 Å². The Hall–Kier alpha value is 0.140. The predicted octanol–water partition coefficient (Wildman–Crippen LogP) is 3.05. The van der Waals surface area contributed by atoms with E-state index in [0.717, 1.165) is 6.42 Å². The Kier molecular flexibility index (Phi) is 4.26. The molecule has 1 nitrogen and oxygen atoms in total. The third kappa shape index (κ3) is 2.88. The Morgan fingerprint density at radius 3 is 2.83 bits per heavy atom. The van der Waals surface area contributed by atoms with Gasteiger partial charge >= 0.3 is 0 Å². The van der Waals surface area contributed by atoms with Crippen LogP contribution in [-0.4, -0.2) is 13.1 Å². The van der Waals surface area contributed by atoms with Gasteiger partial charge in [0, 0.05) is 15.9 Å². The molecule has 0 saturated carbocycles. The summed E-state index contributed by atoms with van der Waals surface area (Å²) in [5.74, 6) is 0. The highest BCUT2D eigenvalue weighted by molar-refractivity contribution is 9.10. The Balaban J connectivity index is 2.38. The Bertz CT molecular complexity index is 234. The molecule has 1 aromatic heterocycles. The topological polar surface area (TPSA) is 12.0 Å².